The minimum Gasteiger partial charge on any atom is -0.494 e. The predicted molar refractivity (Wildman–Crippen MR) is 132 cm³/mol. The molecule has 1 fully saturated rings. The topological polar surface area (TPSA) is 113 Å². The second-order valence-corrected chi connectivity index (χ2v) is 9.59. The lowest BCUT2D eigenvalue weighted by molar-refractivity contribution is -0.146. The number of carbonyl (C=O) groups is 4. The number of allylic oxidation sites excluding steroid dienone is 2. The summed E-state index contributed by atoms with van der Waals surface area (Å²) in [4.78, 5) is 51.6. The molecule has 2 N–H and O–H groups in total. The van der Waals surface area contributed by atoms with Crippen LogP contribution in [0, 0.1) is 11.8 Å². The molecule has 8 nitrogen and oxygen atoms in total. The van der Waals surface area contributed by atoms with Gasteiger partial charge in [-0.2, -0.15) is 0 Å². The van der Waals surface area contributed by atoms with Crippen molar-refractivity contribution in [3.05, 3.63) is 60.7 Å². The number of carboxylic acid groups (broad SMARTS) is 1. The van der Waals surface area contributed by atoms with Gasteiger partial charge in [0.05, 0.1) is 29.4 Å². The molecule has 0 radical (unpaired) electrons. The van der Waals surface area contributed by atoms with Gasteiger partial charge in [-0.15, -0.1) is 11.8 Å². The first-order valence-electron chi connectivity index (χ1n) is 11.4. The molecule has 9 heteroatoms. The normalized spacial score (nSPS) is 21.7. The second-order valence-electron chi connectivity index (χ2n) is 8.31. The van der Waals surface area contributed by atoms with Crippen molar-refractivity contribution in [3.8, 4) is 5.75 Å². The number of imide groups is 1. The molecule has 0 spiro atoms. The summed E-state index contributed by atoms with van der Waals surface area (Å²) in [7, 11) is 0. The summed E-state index contributed by atoms with van der Waals surface area (Å²) in [5.41, 5.74) is 1.06. The number of anilines is 2. The number of nitrogens with zero attached hydrogens (tertiary/aromatic N) is 1. The van der Waals surface area contributed by atoms with Gasteiger partial charge < -0.3 is 15.2 Å². The van der Waals surface area contributed by atoms with E-state index >= 15 is 0 Å². The average Bonchev–Trinajstić information content (AvgIpc) is 3.13. The zero-order chi connectivity index (χ0) is 24.9. The first-order valence-corrected chi connectivity index (χ1v) is 12.3. The molecular weight excluding hydrogens is 468 g/mol. The van der Waals surface area contributed by atoms with Gasteiger partial charge in [0.1, 0.15) is 5.75 Å². The Morgan fingerprint density at radius 2 is 1.69 bits per heavy atom. The Kier molecular flexibility index (Phi) is 7.55. The van der Waals surface area contributed by atoms with E-state index in [0.717, 1.165) is 4.90 Å². The molecule has 0 aromatic heterocycles. The largest absolute Gasteiger partial charge is 0.494 e. The number of thioether (sulfide) groups is 1. The summed E-state index contributed by atoms with van der Waals surface area (Å²) in [5, 5.41) is 11.6. The smallest absolute Gasteiger partial charge is 0.307 e. The van der Waals surface area contributed by atoms with E-state index in [-0.39, 0.29) is 24.1 Å². The van der Waals surface area contributed by atoms with Crippen LogP contribution in [0.25, 0.3) is 0 Å². The van der Waals surface area contributed by atoms with Crippen molar-refractivity contribution in [3.63, 3.8) is 0 Å². The Balaban J connectivity index is 1.37. The Bertz CT molecular complexity index is 1150. The van der Waals surface area contributed by atoms with Gasteiger partial charge in [-0.1, -0.05) is 12.2 Å². The molecule has 1 aliphatic carbocycles. The molecule has 3 atom stereocenters. The minimum atomic E-state index is -0.976. The van der Waals surface area contributed by atoms with E-state index in [1.165, 1.54) is 16.7 Å². The van der Waals surface area contributed by atoms with Gasteiger partial charge in [0.15, 0.2) is 0 Å². The molecule has 2 aliphatic rings. The van der Waals surface area contributed by atoms with Crippen molar-refractivity contribution in [2.24, 2.45) is 11.8 Å². The summed E-state index contributed by atoms with van der Waals surface area (Å²) in [5.74, 6) is -2.52. The fourth-order valence-electron chi connectivity index (χ4n) is 4.22. The SMILES string of the molecule is CCOc1ccc(N2C(=O)C[C@H](Sc3ccc(NC(=O)[C@@H]4CC=CC[C@@H]4C(=O)O)cc3)C2=O)cc1. The molecule has 4 rings (SSSR count). The molecule has 2 aromatic rings. The Morgan fingerprint density at radius 3 is 2.31 bits per heavy atom. The van der Waals surface area contributed by atoms with Crippen LogP contribution in [-0.4, -0.2) is 40.7 Å². The van der Waals surface area contributed by atoms with Crippen molar-refractivity contribution in [1.82, 2.24) is 0 Å². The van der Waals surface area contributed by atoms with Crippen molar-refractivity contribution in [2.45, 2.75) is 36.3 Å². The number of benzene rings is 2. The van der Waals surface area contributed by atoms with Crippen molar-refractivity contribution in [2.75, 3.05) is 16.8 Å². The molecule has 182 valence electrons. The molecule has 1 aliphatic heterocycles. The van der Waals surface area contributed by atoms with Crippen LogP contribution in [0.5, 0.6) is 5.75 Å². The van der Waals surface area contributed by atoms with Gasteiger partial charge in [-0.25, -0.2) is 4.90 Å². The fraction of sp³-hybridized carbons (Fsp3) is 0.308. The number of nitrogens with one attached hydrogen (secondary N) is 1. The summed E-state index contributed by atoms with van der Waals surface area (Å²) in [6.45, 7) is 2.41. The number of hydrogen-bond acceptors (Lipinski definition) is 6. The van der Waals surface area contributed by atoms with Gasteiger partial charge in [0.25, 0.3) is 0 Å². The second kappa shape index (κ2) is 10.8. The maximum absolute atomic E-state index is 12.9. The Labute approximate surface area is 207 Å². The van der Waals surface area contributed by atoms with Crippen LogP contribution in [0.2, 0.25) is 0 Å². The number of rotatable bonds is 8. The van der Waals surface area contributed by atoms with Crippen LogP contribution in [-0.2, 0) is 19.2 Å². The highest BCUT2D eigenvalue weighted by atomic mass is 32.2. The standard InChI is InChI=1S/C26H26N2O6S/c1-2-34-18-11-9-17(10-12-18)28-23(29)15-22(25(28)31)35-19-13-7-16(8-14-19)27-24(30)20-5-3-4-6-21(20)26(32)33/h3-4,7-14,20-22H,2,5-6,15H2,1H3,(H,27,30)(H,32,33)/t20-,21+,22+/m1/s1. The maximum atomic E-state index is 12.9. The molecular formula is C26H26N2O6S. The molecule has 1 heterocycles. The van der Waals surface area contributed by atoms with Crippen molar-refractivity contribution in [1.29, 1.82) is 0 Å². The number of carboxylic acids is 1. The van der Waals surface area contributed by atoms with Crippen LogP contribution in [0.15, 0.2) is 65.6 Å². The van der Waals surface area contributed by atoms with E-state index in [0.29, 0.717) is 36.6 Å². The van der Waals surface area contributed by atoms with E-state index in [2.05, 4.69) is 5.32 Å². The highest BCUT2D eigenvalue weighted by Gasteiger charge is 2.40. The van der Waals surface area contributed by atoms with Gasteiger partial charge >= 0.3 is 5.97 Å². The van der Waals surface area contributed by atoms with Crippen LogP contribution in [0.3, 0.4) is 0 Å². The van der Waals surface area contributed by atoms with Crippen LogP contribution >= 0.6 is 11.8 Å². The fourth-order valence-corrected chi connectivity index (χ4v) is 5.27. The zero-order valence-corrected chi connectivity index (χ0v) is 20.0. The third kappa shape index (κ3) is 5.57. The third-order valence-electron chi connectivity index (χ3n) is 6.00. The predicted octanol–water partition coefficient (Wildman–Crippen LogP) is 4.12. The van der Waals surface area contributed by atoms with Crippen molar-refractivity contribution >= 4 is 46.8 Å². The number of carbonyl (C=O) groups excluding carboxylic acids is 3. The first kappa shape index (κ1) is 24.5. The lowest BCUT2D eigenvalue weighted by Crippen LogP contribution is -2.34. The molecule has 2 aromatic carbocycles. The quantitative estimate of drug-likeness (QED) is 0.419. The lowest BCUT2D eigenvalue weighted by Gasteiger charge is -2.24. The van der Waals surface area contributed by atoms with E-state index in [9.17, 15) is 24.3 Å². The Morgan fingerprint density at radius 1 is 1.03 bits per heavy atom. The number of ether oxygens (including phenoxy) is 1. The first-order chi connectivity index (χ1) is 16.9. The third-order valence-corrected chi connectivity index (χ3v) is 7.19. The van der Waals surface area contributed by atoms with E-state index < -0.39 is 23.1 Å². The van der Waals surface area contributed by atoms with E-state index in [1.807, 2.05) is 13.0 Å². The molecule has 0 bridgehead atoms. The summed E-state index contributed by atoms with van der Waals surface area (Å²) in [6.07, 6.45) is 4.45. The maximum Gasteiger partial charge on any atom is 0.307 e. The van der Waals surface area contributed by atoms with Crippen molar-refractivity contribution < 1.29 is 29.0 Å². The van der Waals surface area contributed by atoms with Gasteiger partial charge in [0, 0.05) is 17.0 Å². The molecule has 1 saturated heterocycles. The summed E-state index contributed by atoms with van der Waals surface area (Å²) >= 11 is 1.30. The van der Waals surface area contributed by atoms with Crippen LogP contribution < -0.4 is 15.0 Å². The lowest BCUT2D eigenvalue weighted by atomic mass is 9.82. The molecule has 0 unspecified atom stereocenters. The number of hydrogen-bond donors (Lipinski definition) is 2. The van der Waals surface area contributed by atoms with Gasteiger partial charge in [0.2, 0.25) is 17.7 Å². The highest BCUT2D eigenvalue weighted by Crippen LogP contribution is 2.35. The number of amides is 3. The van der Waals surface area contributed by atoms with E-state index in [4.69, 9.17) is 4.74 Å². The average molecular weight is 495 g/mol. The number of aliphatic carboxylic acids is 1. The molecule has 35 heavy (non-hydrogen) atoms. The van der Waals surface area contributed by atoms with Gasteiger partial charge in [-0.05, 0) is 68.3 Å². The molecule has 3 amide bonds. The minimum absolute atomic E-state index is 0.0982. The highest BCUT2D eigenvalue weighted by molar-refractivity contribution is 8.00. The zero-order valence-electron chi connectivity index (χ0n) is 19.2. The monoisotopic (exact) mass is 494 g/mol. The van der Waals surface area contributed by atoms with Gasteiger partial charge in [-0.3, -0.25) is 19.2 Å². The summed E-state index contributed by atoms with van der Waals surface area (Å²) < 4.78 is 5.41. The Hall–Kier alpha value is -3.59. The van der Waals surface area contributed by atoms with E-state index in [1.54, 1.807) is 54.6 Å². The van der Waals surface area contributed by atoms with Crippen LogP contribution in [0.4, 0.5) is 11.4 Å². The van der Waals surface area contributed by atoms with Crippen LogP contribution in [0.1, 0.15) is 26.2 Å². The summed E-state index contributed by atoms with van der Waals surface area (Å²) in [6, 6.07) is 13.8. The molecule has 0 saturated carbocycles.